The number of alkyl halides is 1. The second-order valence-corrected chi connectivity index (χ2v) is 5.69. The third kappa shape index (κ3) is 3.22. The first-order valence-electron chi connectivity index (χ1n) is 5.75. The summed E-state index contributed by atoms with van der Waals surface area (Å²) in [5, 5.41) is 1.94. The van der Waals surface area contributed by atoms with Crippen LogP contribution in [0.15, 0.2) is 18.2 Å². The van der Waals surface area contributed by atoms with E-state index in [-0.39, 0.29) is 0 Å². The highest BCUT2D eigenvalue weighted by Crippen LogP contribution is 2.29. The maximum Gasteiger partial charge on any atom is 0.0453 e. The Hall–Kier alpha value is -0.0500. The van der Waals surface area contributed by atoms with Gasteiger partial charge in [0.05, 0.1) is 0 Å². The van der Waals surface area contributed by atoms with Gasteiger partial charge in [-0.15, -0.1) is 0 Å². The standard InChI is InChI=1S/C13H17BrClN/c1-10-2-3-11(13(15)8-10)9-16(7-6-14)12-4-5-12/h2-3,8,12H,4-7,9H2,1H3. The van der Waals surface area contributed by atoms with Crippen LogP contribution in [0.3, 0.4) is 0 Å². The Morgan fingerprint density at radius 3 is 2.75 bits per heavy atom. The molecule has 0 bridgehead atoms. The van der Waals surface area contributed by atoms with Crippen molar-refractivity contribution in [2.45, 2.75) is 32.4 Å². The zero-order chi connectivity index (χ0) is 11.5. The first kappa shape index (κ1) is 12.4. The van der Waals surface area contributed by atoms with Crippen molar-refractivity contribution >= 4 is 27.5 Å². The molecule has 0 saturated heterocycles. The molecule has 2 rings (SSSR count). The van der Waals surface area contributed by atoms with Crippen molar-refractivity contribution < 1.29 is 0 Å². The molecule has 0 N–H and O–H groups in total. The predicted molar refractivity (Wildman–Crippen MR) is 73.4 cm³/mol. The molecule has 1 aromatic rings. The zero-order valence-electron chi connectivity index (χ0n) is 9.55. The van der Waals surface area contributed by atoms with E-state index in [9.17, 15) is 0 Å². The number of benzene rings is 1. The van der Waals surface area contributed by atoms with Gasteiger partial charge in [0.2, 0.25) is 0 Å². The van der Waals surface area contributed by atoms with Crippen molar-refractivity contribution in [1.29, 1.82) is 0 Å². The van der Waals surface area contributed by atoms with Gasteiger partial charge in [-0.05, 0) is 37.0 Å². The third-order valence-electron chi connectivity index (χ3n) is 3.02. The Labute approximate surface area is 111 Å². The summed E-state index contributed by atoms with van der Waals surface area (Å²) in [5.41, 5.74) is 2.48. The Bertz CT molecular complexity index is 363. The summed E-state index contributed by atoms with van der Waals surface area (Å²) < 4.78 is 0. The third-order valence-corrected chi connectivity index (χ3v) is 3.72. The fraction of sp³-hybridized carbons (Fsp3) is 0.538. The van der Waals surface area contributed by atoms with Crippen LogP contribution >= 0.6 is 27.5 Å². The van der Waals surface area contributed by atoms with Crippen LogP contribution in [-0.2, 0) is 6.54 Å². The van der Waals surface area contributed by atoms with E-state index in [1.807, 2.05) is 0 Å². The van der Waals surface area contributed by atoms with Crippen molar-refractivity contribution in [2.75, 3.05) is 11.9 Å². The van der Waals surface area contributed by atoms with Crippen molar-refractivity contribution in [1.82, 2.24) is 4.90 Å². The van der Waals surface area contributed by atoms with Crippen LogP contribution in [0.4, 0.5) is 0 Å². The van der Waals surface area contributed by atoms with Gasteiger partial charge in [-0.25, -0.2) is 0 Å². The van der Waals surface area contributed by atoms with Gasteiger partial charge in [-0.1, -0.05) is 39.7 Å². The molecule has 0 radical (unpaired) electrons. The largest absolute Gasteiger partial charge is 0.295 e. The Kier molecular flexibility index (Phi) is 4.28. The maximum atomic E-state index is 6.26. The molecule has 1 nitrogen and oxygen atoms in total. The molecule has 88 valence electrons. The Morgan fingerprint density at radius 1 is 1.44 bits per heavy atom. The molecule has 1 aromatic carbocycles. The van der Waals surface area contributed by atoms with Gasteiger partial charge < -0.3 is 0 Å². The average molecular weight is 303 g/mol. The molecule has 0 amide bonds. The zero-order valence-corrected chi connectivity index (χ0v) is 11.9. The Morgan fingerprint density at radius 2 is 2.19 bits per heavy atom. The summed E-state index contributed by atoms with van der Waals surface area (Å²) in [6.45, 7) is 4.16. The average Bonchev–Trinajstić information content (AvgIpc) is 3.04. The van der Waals surface area contributed by atoms with Crippen LogP contribution in [-0.4, -0.2) is 22.8 Å². The van der Waals surface area contributed by atoms with E-state index in [1.54, 1.807) is 0 Å². The molecule has 0 spiro atoms. The minimum atomic E-state index is 0.787. The minimum Gasteiger partial charge on any atom is -0.295 e. The Balaban J connectivity index is 2.05. The van der Waals surface area contributed by atoms with Crippen LogP contribution in [0.5, 0.6) is 0 Å². The lowest BCUT2D eigenvalue weighted by Crippen LogP contribution is -2.27. The summed E-state index contributed by atoms with van der Waals surface area (Å²) in [6, 6.07) is 7.13. The molecule has 1 aliphatic rings. The highest BCUT2D eigenvalue weighted by Gasteiger charge is 2.28. The number of hydrogen-bond donors (Lipinski definition) is 0. The first-order chi connectivity index (χ1) is 7.70. The number of aryl methyl sites for hydroxylation is 1. The number of nitrogens with zero attached hydrogens (tertiary/aromatic N) is 1. The van der Waals surface area contributed by atoms with Gasteiger partial charge in [0, 0.05) is 29.5 Å². The van der Waals surface area contributed by atoms with Crippen molar-refractivity contribution in [2.24, 2.45) is 0 Å². The van der Waals surface area contributed by atoms with Crippen molar-refractivity contribution in [3.63, 3.8) is 0 Å². The molecule has 0 heterocycles. The van der Waals surface area contributed by atoms with Gasteiger partial charge in [-0.3, -0.25) is 4.90 Å². The second kappa shape index (κ2) is 5.52. The van der Waals surface area contributed by atoms with E-state index in [0.29, 0.717) is 0 Å². The summed E-state index contributed by atoms with van der Waals surface area (Å²) >= 11 is 9.78. The summed E-state index contributed by atoms with van der Waals surface area (Å²) in [6.07, 6.45) is 2.69. The molecule has 3 heteroatoms. The predicted octanol–water partition coefficient (Wildman–Crippen LogP) is 4.01. The van der Waals surface area contributed by atoms with Crippen LogP contribution < -0.4 is 0 Å². The van der Waals surface area contributed by atoms with E-state index in [0.717, 1.165) is 29.5 Å². The van der Waals surface area contributed by atoms with Gasteiger partial charge in [0.15, 0.2) is 0 Å². The first-order valence-corrected chi connectivity index (χ1v) is 7.25. The van der Waals surface area contributed by atoms with Gasteiger partial charge in [0.1, 0.15) is 0 Å². The SMILES string of the molecule is Cc1ccc(CN(CCBr)C2CC2)c(Cl)c1. The van der Waals surface area contributed by atoms with Crippen molar-refractivity contribution in [3.8, 4) is 0 Å². The normalized spacial score (nSPS) is 15.8. The van der Waals surface area contributed by atoms with Gasteiger partial charge in [0.25, 0.3) is 0 Å². The molecule has 0 aromatic heterocycles. The van der Waals surface area contributed by atoms with Crippen molar-refractivity contribution in [3.05, 3.63) is 34.3 Å². The highest BCUT2D eigenvalue weighted by atomic mass is 79.9. The lowest BCUT2D eigenvalue weighted by molar-refractivity contribution is 0.272. The van der Waals surface area contributed by atoms with E-state index in [1.165, 1.54) is 24.0 Å². The van der Waals surface area contributed by atoms with Crippen LogP contribution in [0.2, 0.25) is 5.02 Å². The quantitative estimate of drug-likeness (QED) is 0.743. The summed E-state index contributed by atoms with van der Waals surface area (Å²) in [4.78, 5) is 2.52. The maximum absolute atomic E-state index is 6.26. The monoisotopic (exact) mass is 301 g/mol. The molecular formula is C13H17BrClN. The molecule has 1 fully saturated rings. The summed E-state index contributed by atoms with van der Waals surface area (Å²) in [5.74, 6) is 0. The van der Waals surface area contributed by atoms with Crippen LogP contribution in [0.1, 0.15) is 24.0 Å². The topological polar surface area (TPSA) is 3.24 Å². The van der Waals surface area contributed by atoms with E-state index in [4.69, 9.17) is 11.6 Å². The van der Waals surface area contributed by atoms with E-state index < -0.39 is 0 Å². The molecule has 0 atom stereocenters. The van der Waals surface area contributed by atoms with Gasteiger partial charge >= 0.3 is 0 Å². The molecular weight excluding hydrogens is 286 g/mol. The minimum absolute atomic E-state index is 0.787. The number of halogens is 2. The highest BCUT2D eigenvalue weighted by molar-refractivity contribution is 9.09. The van der Waals surface area contributed by atoms with E-state index in [2.05, 4.69) is 46.0 Å². The van der Waals surface area contributed by atoms with E-state index >= 15 is 0 Å². The van der Waals surface area contributed by atoms with Gasteiger partial charge in [-0.2, -0.15) is 0 Å². The molecule has 1 saturated carbocycles. The van der Waals surface area contributed by atoms with Crippen LogP contribution in [0, 0.1) is 6.92 Å². The number of hydrogen-bond acceptors (Lipinski definition) is 1. The lowest BCUT2D eigenvalue weighted by atomic mass is 10.1. The second-order valence-electron chi connectivity index (χ2n) is 4.49. The van der Waals surface area contributed by atoms with Crippen LogP contribution in [0.25, 0.3) is 0 Å². The summed E-state index contributed by atoms with van der Waals surface area (Å²) in [7, 11) is 0. The molecule has 1 aliphatic carbocycles. The smallest absolute Gasteiger partial charge is 0.0453 e. The molecule has 16 heavy (non-hydrogen) atoms. The fourth-order valence-corrected chi connectivity index (χ4v) is 2.69. The molecule has 0 unspecified atom stereocenters. The lowest BCUT2D eigenvalue weighted by Gasteiger charge is -2.21. The number of rotatable bonds is 5. The fourth-order valence-electron chi connectivity index (χ4n) is 1.94. The molecule has 0 aliphatic heterocycles.